The highest BCUT2D eigenvalue weighted by atomic mass is 32.2. The zero-order valence-electron chi connectivity index (χ0n) is 21.2. The standard InChI is InChI=1S/C17H18F3NO3S.C10H23N/c18-13-5-3-12(4-6-13)17(19,20)7-11-25-15-14(16(23)24)2-1-8-21(15)9-10-22;1-2-3-4-5-6-7-8-9-10-11/h1-6,8,15,22H,7,9-11H2,(H,23,24);2-11H2,1H3. The van der Waals surface area contributed by atoms with Crippen LogP contribution in [0.2, 0.25) is 0 Å². The fraction of sp³-hybridized carbons (Fsp3) is 0.593. The minimum Gasteiger partial charge on any atom is -0.478 e. The number of carboxylic acids is 1. The van der Waals surface area contributed by atoms with Crippen LogP contribution in [0.15, 0.2) is 48.2 Å². The van der Waals surface area contributed by atoms with Crippen molar-refractivity contribution < 1.29 is 28.2 Å². The summed E-state index contributed by atoms with van der Waals surface area (Å²) < 4.78 is 41.3. The van der Waals surface area contributed by atoms with Gasteiger partial charge in [-0.1, -0.05) is 64.0 Å². The molecule has 1 aromatic rings. The van der Waals surface area contributed by atoms with Crippen molar-refractivity contribution in [3.05, 3.63) is 59.6 Å². The third-order valence-corrected chi connectivity index (χ3v) is 7.02. The van der Waals surface area contributed by atoms with E-state index in [9.17, 15) is 23.1 Å². The molecule has 0 bridgehead atoms. The summed E-state index contributed by atoms with van der Waals surface area (Å²) in [5, 5.41) is 17.7. The molecular weight excluding hydrogens is 489 g/mol. The molecule has 1 atom stereocenters. The predicted octanol–water partition coefficient (Wildman–Crippen LogP) is 6.29. The lowest BCUT2D eigenvalue weighted by molar-refractivity contribution is -0.133. The van der Waals surface area contributed by atoms with Gasteiger partial charge in [-0.15, -0.1) is 11.8 Å². The smallest absolute Gasteiger partial charge is 0.334 e. The van der Waals surface area contributed by atoms with Gasteiger partial charge in [0, 0.05) is 30.5 Å². The molecular formula is C27H41F3N2O3S. The Hall–Kier alpha value is -1.97. The zero-order valence-corrected chi connectivity index (χ0v) is 22.0. The predicted molar refractivity (Wildman–Crippen MR) is 141 cm³/mol. The molecule has 1 aliphatic rings. The second-order valence-electron chi connectivity index (χ2n) is 8.68. The van der Waals surface area contributed by atoms with E-state index in [1.165, 1.54) is 57.4 Å². The van der Waals surface area contributed by atoms with Crippen LogP contribution in [0.4, 0.5) is 13.2 Å². The van der Waals surface area contributed by atoms with E-state index in [0.29, 0.717) is 0 Å². The summed E-state index contributed by atoms with van der Waals surface area (Å²) in [6.07, 6.45) is 15.1. The fourth-order valence-corrected chi connectivity index (χ4v) is 5.00. The first-order chi connectivity index (χ1) is 17.3. The Bertz CT molecular complexity index is 796. The molecule has 204 valence electrons. The molecule has 1 aromatic carbocycles. The quantitative estimate of drug-likeness (QED) is 0.218. The number of benzene rings is 1. The summed E-state index contributed by atoms with van der Waals surface area (Å²) in [6, 6.07) is 4.06. The third-order valence-electron chi connectivity index (χ3n) is 5.74. The Morgan fingerprint density at radius 1 is 1.08 bits per heavy atom. The van der Waals surface area contributed by atoms with Gasteiger partial charge in [0.2, 0.25) is 0 Å². The van der Waals surface area contributed by atoms with Crippen LogP contribution in [0.25, 0.3) is 0 Å². The van der Waals surface area contributed by atoms with Gasteiger partial charge in [0.1, 0.15) is 11.2 Å². The maximum atomic E-state index is 14.2. The van der Waals surface area contributed by atoms with Crippen molar-refractivity contribution in [2.45, 2.75) is 76.0 Å². The number of nitrogens with zero attached hydrogens (tertiary/aromatic N) is 1. The lowest BCUT2D eigenvalue weighted by atomic mass is 10.1. The van der Waals surface area contributed by atoms with E-state index >= 15 is 0 Å². The van der Waals surface area contributed by atoms with Crippen LogP contribution in [-0.4, -0.2) is 51.9 Å². The average molecular weight is 531 g/mol. The summed E-state index contributed by atoms with van der Waals surface area (Å²) in [4.78, 5) is 12.9. The second kappa shape index (κ2) is 18.3. The molecule has 1 heterocycles. The van der Waals surface area contributed by atoms with Gasteiger partial charge in [-0.2, -0.15) is 0 Å². The number of halogens is 3. The number of β-amino-alcohol motifs (C(OH)–C–C–N with tert-alkyl or cyclic N) is 1. The summed E-state index contributed by atoms with van der Waals surface area (Å²) in [5.41, 5.74) is 5.19. The van der Waals surface area contributed by atoms with Crippen molar-refractivity contribution in [2.24, 2.45) is 5.73 Å². The first kappa shape index (κ1) is 32.1. The average Bonchev–Trinajstić information content (AvgIpc) is 2.85. The first-order valence-electron chi connectivity index (χ1n) is 12.7. The van der Waals surface area contributed by atoms with Gasteiger partial charge < -0.3 is 20.8 Å². The second-order valence-corrected chi connectivity index (χ2v) is 9.87. The van der Waals surface area contributed by atoms with Crippen LogP contribution in [0.3, 0.4) is 0 Å². The maximum Gasteiger partial charge on any atom is 0.334 e. The molecule has 0 saturated heterocycles. The summed E-state index contributed by atoms with van der Waals surface area (Å²) in [7, 11) is 0. The number of alkyl halides is 2. The monoisotopic (exact) mass is 530 g/mol. The number of hydrogen-bond donors (Lipinski definition) is 3. The van der Waals surface area contributed by atoms with E-state index in [1.807, 2.05) is 0 Å². The van der Waals surface area contributed by atoms with E-state index in [2.05, 4.69) is 6.92 Å². The molecule has 2 rings (SSSR count). The van der Waals surface area contributed by atoms with E-state index in [1.54, 1.807) is 17.2 Å². The number of allylic oxidation sites excluding steroid dienone is 2. The molecule has 0 aliphatic carbocycles. The lowest BCUT2D eigenvalue weighted by Crippen LogP contribution is -2.36. The van der Waals surface area contributed by atoms with E-state index in [4.69, 9.17) is 10.8 Å². The van der Waals surface area contributed by atoms with E-state index in [0.717, 1.165) is 42.6 Å². The fourth-order valence-electron chi connectivity index (χ4n) is 3.68. The molecule has 0 amide bonds. The van der Waals surface area contributed by atoms with Crippen LogP contribution in [0, 0.1) is 5.82 Å². The normalized spacial score (nSPS) is 15.3. The number of aliphatic hydroxyl groups excluding tert-OH is 1. The van der Waals surface area contributed by atoms with Crippen LogP contribution in [0.5, 0.6) is 0 Å². The molecule has 1 aliphatic heterocycles. The van der Waals surface area contributed by atoms with Crippen molar-refractivity contribution in [2.75, 3.05) is 25.4 Å². The highest BCUT2D eigenvalue weighted by Crippen LogP contribution is 2.35. The number of rotatable bonds is 16. The number of carboxylic acid groups (broad SMARTS) is 1. The van der Waals surface area contributed by atoms with E-state index in [-0.39, 0.29) is 30.0 Å². The molecule has 5 nitrogen and oxygen atoms in total. The molecule has 0 fully saturated rings. The van der Waals surface area contributed by atoms with Crippen molar-refractivity contribution in [1.82, 2.24) is 4.90 Å². The van der Waals surface area contributed by atoms with Crippen LogP contribution >= 0.6 is 11.8 Å². The Morgan fingerprint density at radius 3 is 2.25 bits per heavy atom. The Labute approximate surface area is 217 Å². The number of unbranched alkanes of at least 4 members (excludes halogenated alkanes) is 7. The van der Waals surface area contributed by atoms with Gasteiger partial charge in [0.05, 0.1) is 12.2 Å². The molecule has 0 aromatic heterocycles. The number of nitrogens with two attached hydrogens (primary N) is 1. The highest BCUT2D eigenvalue weighted by molar-refractivity contribution is 8.00. The van der Waals surface area contributed by atoms with Crippen LogP contribution in [0.1, 0.15) is 70.3 Å². The number of hydrogen-bond acceptors (Lipinski definition) is 5. The SMILES string of the molecule is CCCCCCCCCCN.O=C(O)C1=CC=CN(CCO)C1SCCC(F)(F)c1ccc(F)cc1. The minimum absolute atomic E-state index is 0.00453. The van der Waals surface area contributed by atoms with Crippen LogP contribution in [-0.2, 0) is 10.7 Å². The molecule has 0 spiro atoms. The minimum atomic E-state index is -3.14. The van der Waals surface area contributed by atoms with Gasteiger partial charge in [-0.3, -0.25) is 0 Å². The number of carbonyl (C=O) groups is 1. The molecule has 9 heteroatoms. The summed E-state index contributed by atoms with van der Waals surface area (Å²) in [6.45, 7) is 3.15. The summed E-state index contributed by atoms with van der Waals surface area (Å²) in [5.74, 6) is -4.86. The van der Waals surface area contributed by atoms with Crippen molar-refractivity contribution >= 4 is 17.7 Å². The van der Waals surface area contributed by atoms with Gasteiger partial charge in [-0.25, -0.2) is 18.0 Å². The molecule has 0 saturated carbocycles. The highest BCUT2D eigenvalue weighted by Gasteiger charge is 2.33. The van der Waals surface area contributed by atoms with Crippen molar-refractivity contribution in [1.29, 1.82) is 0 Å². The lowest BCUT2D eigenvalue weighted by Gasteiger charge is -2.32. The van der Waals surface area contributed by atoms with Gasteiger partial charge in [-0.05, 0) is 37.3 Å². The zero-order chi connectivity index (χ0) is 26.8. The largest absolute Gasteiger partial charge is 0.478 e. The maximum absolute atomic E-state index is 14.2. The Balaban J connectivity index is 0.000000497. The molecule has 1 unspecified atom stereocenters. The number of aliphatic carboxylic acids is 1. The van der Waals surface area contributed by atoms with Crippen molar-refractivity contribution in [3.8, 4) is 0 Å². The molecule has 4 N–H and O–H groups in total. The summed E-state index contributed by atoms with van der Waals surface area (Å²) >= 11 is 1.07. The van der Waals surface area contributed by atoms with Crippen molar-refractivity contribution in [3.63, 3.8) is 0 Å². The Morgan fingerprint density at radius 2 is 1.69 bits per heavy atom. The number of aliphatic hydroxyl groups is 1. The third kappa shape index (κ3) is 12.3. The number of thioether (sulfide) groups is 1. The first-order valence-corrected chi connectivity index (χ1v) is 13.8. The van der Waals surface area contributed by atoms with Crippen LogP contribution < -0.4 is 5.73 Å². The topological polar surface area (TPSA) is 86.8 Å². The Kier molecular flexibility index (Phi) is 16.3. The van der Waals surface area contributed by atoms with Gasteiger partial charge >= 0.3 is 5.97 Å². The molecule has 0 radical (unpaired) electrons. The molecule has 36 heavy (non-hydrogen) atoms. The van der Waals surface area contributed by atoms with Gasteiger partial charge in [0.25, 0.3) is 5.92 Å². The van der Waals surface area contributed by atoms with Gasteiger partial charge in [0.15, 0.2) is 0 Å². The van der Waals surface area contributed by atoms with E-state index < -0.39 is 29.5 Å².